The van der Waals surface area contributed by atoms with Crippen LogP contribution in [0.25, 0.3) is 0 Å². The molecule has 0 unspecified atom stereocenters. The van der Waals surface area contributed by atoms with Crippen molar-refractivity contribution in [2.75, 3.05) is 13.2 Å². The van der Waals surface area contributed by atoms with Crippen molar-refractivity contribution in [1.82, 2.24) is 0 Å². The van der Waals surface area contributed by atoms with Crippen LogP contribution in [-0.4, -0.2) is 52.9 Å². The van der Waals surface area contributed by atoms with Gasteiger partial charge in [-0.1, -0.05) is 0 Å². The van der Waals surface area contributed by atoms with Gasteiger partial charge in [-0.2, -0.15) is 4.94 Å². The third-order valence-electron chi connectivity index (χ3n) is 1.88. The van der Waals surface area contributed by atoms with Crippen LogP contribution < -0.4 is 0 Å². The van der Waals surface area contributed by atoms with E-state index in [1.807, 2.05) is 0 Å². The molecule has 12 heavy (non-hydrogen) atoms. The van der Waals surface area contributed by atoms with Gasteiger partial charge >= 0.3 is 0 Å². The van der Waals surface area contributed by atoms with Gasteiger partial charge in [0.25, 0.3) is 0 Å². The largest absolute Gasteiger partial charge is 0.394 e. The standard InChI is InChI=1S/C6H11FO5/c7-12-4-2-11-3(1-8)5(9)6(4)10/h3-6,8-10H,1-2H2/t3-,4+,5-,6-/m1/s1. The fraction of sp³-hybridized carbons (Fsp3) is 1.00. The zero-order chi connectivity index (χ0) is 9.14. The number of hydrogen-bond acceptors (Lipinski definition) is 5. The molecule has 4 atom stereocenters. The first-order valence-electron chi connectivity index (χ1n) is 3.56. The average Bonchev–Trinajstić information content (AvgIpc) is 2.10. The van der Waals surface area contributed by atoms with E-state index in [4.69, 9.17) is 20.1 Å². The third-order valence-corrected chi connectivity index (χ3v) is 1.88. The Balaban J connectivity index is 2.52. The Morgan fingerprint density at radius 1 is 1.42 bits per heavy atom. The van der Waals surface area contributed by atoms with Crippen molar-refractivity contribution in [2.24, 2.45) is 0 Å². The number of ether oxygens (including phenoxy) is 1. The van der Waals surface area contributed by atoms with Crippen LogP contribution >= 0.6 is 0 Å². The summed E-state index contributed by atoms with van der Waals surface area (Å²) in [6, 6.07) is 0. The summed E-state index contributed by atoms with van der Waals surface area (Å²) in [5, 5.41) is 26.9. The number of halogens is 1. The number of aliphatic hydroxyl groups is 3. The minimum Gasteiger partial charge on any atom is -0.394 e. The monoisotopic (exact) mass is 182 g/mol. The van der Waals surface area contributed by atoms with Crippen LogP contribution in [0.3, 0.4) is 0 Å². The van der Waals surface area contributed by atoms with E-state index in [2.05, 4.69) is 4.94 Å². The molecule has 1 heterocycles. The molecule has 0 aliphatic carbocycles. The van der Waals surface area contributed by atoms with Crippen LogP contribution in [0.4, 0.5) is 4.53 Å². The van der Waals surface area contributed by atoms with Gasteiger partial charge in [0.1, 0.15) is 24.4 Å². The number of hydrogen-bond donors (Lipinski definition) is 3. The Bertz CT molecular complexity index is 128. The highest BCUT2D eigenvalue weighted by atomic mass is 19.3. The van der Waals surface area contributed by atoms with Gasteiger partial charge < -0.3 is 20.1 Å². The van der Waals surface area contributed by atoms with Crippen molar-refractivity contribution in [3.05, 3.63) is 0 Å². The van der Waals surface area contributed by atoms with Crippen LogP contribution in [0.1, 0.15) is 0 Å². The molecule has 0 aromatic heterocycles. The van der Waals surface area contributed by atoms with E-state index >= 15 is 0 Å². The second-order valence-electron chi connectivity index (χ2n) is 2.66. The summed E-state index contributed by atoms with van der Waals surface area (Å²) in [7, 11) is 0. The van der Waals surface area contributed by atoms with Crippen molar-refractivity contribution in [3.8, 4) is 0 Å². The number of aliphatic hydroxyl groups excluding tert-OH is 3. The molecule has 0 radical (unpaired) electrons. The van der Waals surface area contributed by atoms with Gasteiger partial charge in [-0.15, -0.1) is 0 Å². The smallest absolute Gasteiger partial charge is 0.150 e. The van der Waals surface area contributed by atoms with Gasteiger partial charge in [0.2, 0.25) is 0 Å². The topological polar surface area (TPSA) is 79.2 Å². The second kappa shape index (κ2) is 4.11. The molecule has 1 rings (SSSR count). The predicted octanol–water partition coefficient (Wildman–Crippen LogP) is -1.63. The fourth-order valence-electron chi connectivity index (χ4n) is 1.09. The molecule has 1 aliphatic heterocycles. The summed E-state index contributed by atoms with van der Waals surface area (Å²) < 4.78 is 16.4. The average molecular weight is 182 g/mol. The van der Waals surface area contributed by atoms with Crippen molar-refractivity contribution in [3.63, 3.8) is 0 Å². The molecule has 1 saturated heterocycles. The Hall–Kier alpha value is -0.270. The zero-order valence-corrected chi connectivity index (χ0v) is 6.26. The van der Waals surface area contributed by atoms with E-state index in [0.29, 0.717) is 0 Å². The van der Waals surface area contributed by atoms with Crippen LogP contribution in [0.5, 0.6) is 0 Å². The molecule has 0 amide bonds. The molecule has 5 nitrogen and oxygen atoms in total. The maximum absolute atomic E-state index is 11.6. The van der Waals surface area contributed by atoms with Crippen molar-refractivity contribution in [2.45, 2.75) is 24.4 Å². The van der Waals surface area contributed by atoms with Crippen LogP contribution in [0, 0.1) is 0 Å². The molecule has 6 heteroatoms. The van der Waals surface area contributed by atoms with Crippen molar-refractivity contribution in [1.29, 1.82) is 0 Å². The number of rotatable bonds is 2. The van der Waals surface area contributed by atoms with Gasteiger partial charge in [-0.05, 0) is 4.53 Å². The summed E-state index contributed by atoms with van der Waals surface area (Å²) in [6.45, 7) is -0.600. The van der Waals surface area contributed by atoms with Crippen molar-refractivity contribution < 1.29 is 29.5 Å². The molecule has 0 spiro atoms. The lowest BCUT2D eigenvalue weighted by molar-refractivity contribution is -0.276. The molecule has 0 aromatic carbocycles. The van der Waals surface area contributed by atoms with E-state index in [0.717, 1.165) is 0 Å². The fourth-order valence-corrected chi connectivity index (χ4v) is 1.09. The highest BCUT2D eigenvalue weighted by molar-refractivity contribution is 4.86. The Kier molecular flexibility index (Phi) is 3.36. The zero-order valence-electron chi connectivity index (χ0n) is 6.26. The Labute approximate surface area is 68.2 Å². The maximum Gasteiger partial charge on any atom is 0.150 e. The Morgan fingerprint density at radius 2 is 2.08 bits per heavy atom. The lowest BCUT2D eigenvalue weighted by atomic mass is 10.0. The molecule has 0 bridgehead atoms. The molecule has 0 aromatic rings. The van der Waals surface area contributed by atoms with Crippen LogP contribution in [-0.2, 0) is 9.68 Å². The SMILES string of the molecule is OC[C@H]1OC[C@H](OF)[C@@H](O)[C@@H]1O. The van der Waals surface area contributed by atoms with Gasteiger partial charge in [-0.3, -0.25) is 0 Å². The first kappa shape index (κ1) is 9.82. The van der Waals surface area contributed by atoms with Gasteiger partial charge in [0.05, 0.1) is 13.2 Å². The van der Waals surface area contributed by atoms with Gasteiger partial charge in [0, 0.05) is 0 Å². The van der Waals surface area contributed by atoms with E-state index in [1.165, 1.54) is 0 Å². The van der Waals surface area contributed by atoms with Crippen LogP contribution in [0.15, 0.2) is 0 Å². The Morgan fingerprint density at radius 3 is 2.58 bits per heavy atom. The summed E-state index contributed by atoms with van der Waals surface area (Å²) in [5.74, 6) is 0. The molecular formula is C6H11FO5. The van der Waals surface area contributed by atoms with E-state index in [1.54, 1.807) is 0 Å². The predicted molar refractivity (Wildman–Crippen MR) is 34.8 cm³/mol. The lowest BCUT2D eigenvalue weighted by Gasteiger charge is -2.34. The molecule has 1 aliphatic rings. The van der Waals surface area contributed by atoms with Gasteiger partial charge in [-0.25, -0.2) is 0 Å². The minimum atomic E-state index is -1.36. The summed E-state index contributed by atoms with van der Waals surface area (Å²) in [5.41, 5.74) is 0. The maximum atomic E-state index is 11.6. The summed E-state index contributed by atoms with van der Waals surface area (Å²) >= 11 is 0. The molecule has 0 saturated carbocycles. The molecule has 72 valence electrons. The van der Waals surface area contributed by atoms with Gasteiger partial charge in [0.15, 0.2) is 0 Å². The molecule has 1 fully saturated rings. The second-order valence-corrected chi connectivity index (χ2v) is 2.66. The third kappa shape index (κ3) is 1.73. The first-order valence-corrected chi connectivity index (χ1v) is 3.56. The minimum absolute atomic E-state index is 0.181. The molecular weight excluding hydrogens is 171 g/mol. The summed E-state index contributed by atoms with van der Waals surface area (Å²) in [6.07, 6.45) is -4.72. The van der Waals surface area contributed by atoms with Crippen molar-refractivity contribution >= 4 is 0 Å². The van der Waals surface area contributed by atoms with E-state index < -0.39 is 31.0 Å². The first-order chi connectivity index (χ1) is 5.70. The normalized spacial score (nSPS) is 43.0. The van der Waals surface area contributed by atoms with E-state index in [9.17, 15) is 4.53 Å². The summed E-state index contributed by atoms with van der Waals surface area (Å²) in [4.78, 5) is 3.35. The quantitative estimate of drug-likeness (QED) is 0.477. The molecule has 3 N–H and O–H groups in total. The highest BCUT2D eigenvalue weighted by Gasteiger charge is 2.39. The highest BCUT2D eigenvalue weighted by Crippen LogP contribution is 2.17. The van der Waals surface area contributed by atoms with Crippen LogP contribution in [0.2, 0.25) is 0 Å². The lowest BCUT2D eigenvalue weighted by Crippen LogP contribution is -2.54. The van der Waals surface area contributed by atoms with E-state index in [-0.39, 0.29) is 6.61 Å².